The van der Waals surface area contributed by atoms with Gasteiger partial charge in [0.25, 0.3) is 0 Å². The predicted octanol–water partition coefficient (Wildman–Crippen LogP) is 4.63. The molecule has 1 amide bonds. The van der Waals surface area contributed by atoms with E-state index >= 15 is 0 Å². The molecule has 1 aromatic heterocycles. The minimum absolute atomic E-state index is 0.0661. The maximum Gasteiger partial charge on any atom is 0.417 e. The number of benzene rings is 1. The number of aryl methyl sites for hydroxylation is 1. The summed E-state index contributed by atoms with van der Waals surface area (Å²) in [6.45, 7) is 0. The highest BCUT2D eigenvalue weighted by Crippen LogP contribution is 2.36. The van der Waals surface area contributed by atoms with Crippen LogP contribution in [0.2, 0.25) is 0 Å². The molecule has 0 aliphatic rings. The van der Waals surface area contributed by atoms with Crippen LogP contribution in [0.3, 0.4) is 0 Å². The van der Waals surface area contributed by atoms with Gasteiger partial charge in [0.2, 0.25) is 5.91 Å². The number of hydrogen-bond acceptors (Lipinski definition) is 2. The number of amides is 1. The minimum Gasteiger partial charge on any atom is -0.469 e. The van der Waals surface area contributed by atoms with Crippen LogP contribution in [0.5, 0.6) is 0 Å². The fourth-order valence-electron chi connectivity index (χ4n) is 1.74. The Kier molecular flexibility index (Phi) is 4.72. The summed E-state index contributed by atoms with van der Waals surface area (Å²) in [5.74, 6) is 0.277. The minimum atomic E-state index is -4.48. The Hall–Kier alpha value is -1.76. The Morgan fingerprint density at radius 1 is 1.29 bits per heavy atom. The van der Waals surface area contributed by atoms with Gasteiger partial charge in [0.15, 0.2) is 0 Å². The fourth-order valence-corrected chi connectivity index (χ4v) is 2.21. The van der Waals surface area contributed by atoms with Crippen molar-refractivity contribution in [1.82, 2.24) is 0 Å². The predicted molar refractivity (Wildman–Crippen MR) is 74.8 cm³/mol. The standard InChI is InChI=1S/C14H11BrF3NO2/c15-12-5-3-9(8-11(12)14(16,17)18)19-13(20)6-4-10-2-1-7-21-10/h1-3,5,7-8H,4,6H2,(H,19,20). The highest BCUT2D eigenvalue weighted by molar-refractivity contribution is 9.10. The third-order valence-electron chi connectivity index (χ3n) is 2.73. The molecule has 1 N–H and O–H groups in total. The van der Waals surface area contributed by atoms with Crippen LogP contribution in [0.4, 0.5) is 18.9 Å². The van der Waals surface area contributed by atoms with Crippen LogP contribution in [-0.2, 0) is 17.4 Å². The van der Waals surface area contributed by atoms with Crippen molar-refractivity contribution in [1.29, 1.82) is 0 Å². The van der Waals surface area contributed by atoms with Gasteiger partial charge in [-0.3, -0.25) is 4.79 Å². The van der Waals surface area contributed by atoms with Gasteiger partial charge in [-0.15, -0.1) is 0 Å². The molecule has 0 saturated heterocycles. The Morgan fingerprint density at radius 3 is 2.67 bits per heavy atom. The molecule has 3 nitrogen and oxygen atoms in total. The van der Waals surface area contributed by atoms with Gasteiger partial charge < -0.3 is 9.73 Å². The van der Waals surface area contributed by atoms with Crippen molar-refractivity contribution in [3.8, 4) is 0 Å². The zero-order chi connectivity index (χ0) is 15.5. The first-order chi connectivity index (χ1) is 9.86. The van der Waals surface area contributed by atoms with Gasteiger partial charge in [0, 0.05) is 23.0 Å². The molecule has 0 atom stereocenters. The van der Waals surface area contributed by atoms with Crippen molar-refractivity contribution in [2.24, 2.45) is 0 Å². The summed E-state index contributed by atoms with van der Waals surface area (Å²) in [4.78, 5) is 11.7. The summed E-state index contributed by atoms with van der Waals surface area (Å²) < 4.78 is 43.2. The second kappa shape index (κ2) is 6.34. The molecule has 112 valence electrons. The topological polar surface area (TPSA) is 42.2 Å². The summed E-state index contributed by atoms with van der Waals surface area (Å²) >= 11 is 2.84. The number of carbonyl (C=O) groups is 1. The second-order valence-corrected chi connectivity index (χ2v) is 5.17. The zero-order valence-corrected chi connectivity index (χ0v) is 12.3. The Balaban J connectivity index is 2.01. The number of furan rings is 1. The molecule has 0 saturated carbocycles. The third-order valence-corrected chi connectivity index (χ3v) is 3.43. The quantitative estimate of drug-likeness (QED) is 0.862. The van der Waals surface area contributed by atoms with Crippen LogP contribution in [0.25, 0.3) is 0 Å². The Bertz CT molecular complexity index is 624. The summed E-state index contributed by atoms with van der Waals surface area (Å²) in [7, 11) is 0. The summed E-state index contributed by atoms with van der Waals surface area (Å²) in [6, 6.07) is 7.00. The molecule has 7 heteroatoms. The van der Waals surface area contributed by atoms with Crippen molar-refractivity contribution in [3.63, 3.8) is 0 Å². The van der Waals surface area contributed by atoms with Crippen molar-refractivity contribution in [2.75, 3.05) is 5.32 Å². The molecule has 2 aromatic rings. The molecule has 0 fully saturated rings. The maximum absolute atomic E-state index is 12.7. The number of hydrogen-bond donors (Lipinski definition) is 1. The lowest BCUT2D eigenvalue weighted by Gasteiger charge is -2.11. The number of halogens is 4. The van der Waals surface area contributed by atoms with E-state index in [9.17, 15) is 18.0 Å². The molecule has 0 aliphatic carbocycles. The number of alkyl halides is 3. The fraction of sp³-hybridized carbons (Fsp3) is 0.214. The van der Waals surface area contributed by atoms with Crippen LogP contribution in [-0.4, -0.2) is 5.91 Å². The summed E-state index contributed by atoms with van der Waals surface area (Å²) in [5, 5.41) is 2.44. The van der Waals surface area contributed by atoms with Gasteiger partial charge in [-0.2, -0.15) is 13.2 Å². The first-order valence-electron chi connectivity index (χ1n) is 6.05. The van der Waals surface area contributed by atoms with Gasteiger partial charge in [0.05, 0.1) is 11.8 Å². The second-order valence-electron chi connectivity index (χ2n) is 4.32. The van der Waals surface area contributed by atoms with Gasteiger partial charge in [-0.25, -0.2) is 0 Å². The molecule has 2 rings (SSSR count). The maximum atomic E-state index is 12.7. The Morgan fingerprint density at radius 2 is 2.05 bits per heavy atom. The van der Waals surface area contributed by atoms with E-state index in [2.05, 4.69) is 21.2 Å². The Labute approximate surface area is 127 Å². The molecule has 0 unspecified atom stereocenters. The number of anilines is 1. The molecule has 1 aromatic carbocycles. The van der Waals surface area contributed by atoms with E-state index in [0.717, 1.165) is 6.07 Å². The molecule has 0 spiro atoms. The van der Waals surface area contributed by atoms with E-state index in [1.54, 1.807) is 12.1 Å². The molecule has 0 bridgehead atoms. The normalized spacial score (nSPS) is 11.4. The third kappa shape index (κ3) is 4.35. The molecule has 1 heterocycles. The molecule has 21 heavy (non-hydrogen) atoms. The summed E-state index contributed by atoms with van der Waals surface area (Å²) in [6.07, 6.45) is -2.46. The number of rotatable bonds is 4. The smallest absolute Gasteiger partial charge is 0.417 e. The van der Waals surface area contributed by atoms with E-state index in [-0.39, 0.29) is 22.5 Å². The van der Waals surface area contributed by atoms with Crippen molar-refractivity contribution in [3.05, 3.63) is 52.4 Å². The van der Waals surface area contributed by atoms with Crippen molar-refractivity contribution >= 4 is 27.5 Å². The van der Waals surface area contributed by atoms with E-state index in [1.165, 1.54) is 18.4 Å². The van der Waals surface area contributed by atoms with Crippen LogP contribution < -0.4 is 5.32 Å². The SMILES string of the molecule is O=C(CCc1ccco1)Nc1ccc(Br)c(C(F)(F)F)c1. The van der Waals surface area contributed by atoms with Crippen LogP contribution >= 0.6 is 15.9 Å². The number of carbonyl (C=O) groups excluding carboxylic acids is 1. The van der Waals surface area contributed by atoms with Crippen LogP contribution in [0.1, 0.15) is 17.7 Å². The van der Waals surface area contributed by atoms with Crippen molar-refractivity contribution in [2.45, 2.75) is 19.0 Å². The highest BCUT2D eigenvalue weighted by Gasteiger charge is 2.33. The summed E-state index contributed by atoms with van der Waals surface area (Å²) in [5.41, 5.74) is -0.721. The molecule has 0 radical (unpaired) electrons. The van der Waals surface area contributed by atoms with Crippen LogP contribution in [0.15, 0.2) is 45.5 Å². The average molecular weight is 362 g/mol. The van der Waals surface area contributed by atoms with Crippen LogP contribution in [0, 0.1) is 0 Å². The highest BCUT2D eigenvalue weighted by atomic mass is 79.9. The van der Waals surface area contributed by atoms with E-state index in [0.29, 0.717) is 12.2 Å². The molecular formula is C14H11BrF3NO2. The van der Waals surface area contributed by atoms with Gasteiger partial charge in [-0.05, 0) is 30.3 Å². The first kappa shape index (κ1) is 15.6. The lowest BCUT2D eigenvalue weighted by atomic mass is 10.2. The van der Waals surface area contributed by atoms with Gasteiger partial charge in [-0.1, -0.05) is 15.9 Å². The van der Waals surface area contributed by atoms with Gasteiger partial charge >= 0.3 is 6.18 Å². The zero-order valence-electron chi connectivity index (χ0n) is 10.7. The largest absolute Gasteiger partial charge is 0.469 e. The average Bonchev–Trinajstić information content (AvgIpc) is 2.90. The van der Waals surface area contributed by atoms with E-state index < -0.39 is 11.7 Å². The molecular weight excluding hydrogens is 351 g/mol. The van der Waals surface area contributed by atoms with Gasteiger partial charge in [0.1, 0.15) is 5.76 Å². The monoisotopic (exact) mass is 361 g/mol. The lowest BCUT2D eigenvalue weighted by molar-refractivity contribution is -0.138. The van der Waals surface area contributed by atoms with Crippen molar-refractivity contribution < 1.29 is 22.4 Å². The molecule has 0 aliphatic heterocycles. The van der Waals surface area contributed by atoms with E-state index in [1.807, 2.05) is 0 Å². The van der Waals surface area contributed by atoms with E-state index in [4.69, 9.17) is 4.42 Å². The number of nitrogens with one attached hydrogen (secondary N) is 1. The lowest BCUT2D eigenvalue weighted by Crippen LogP contribution is -2.13. The first-order valence-corrected chi connectivity index (χ1v) is 6.84.